The van der Waals surface area contributed by atoms with Crippen molar-refractivity contribution in [2.24, 2.45) is 0 Å². The van der Waals surface area contributed by atoms with Crippen LogP contribution >= 0.6 is 11.3 Å². The van der Waals surface area contributed by atoms with Crippen molar-refractivity contribution in [3.8, 4) is 10.4 Å². The number of fused-ring (bicyclic) bond motifs is 1. The Balaban J connectivity index is 1.60. The molecule has 0 bridgehead atoms. The van der Waals surface area contributed by atoms with E-state index in [1.54, 1.807) is 47.5 Å². The number of nitrogens with two attached hydrogens (primary N) is 1. The Morgan fingerprint density at radius 2 is 2.04 bits per heavy atom. The van der Waals surface area contributed by atoms with Gasteiger partial charge in [0.15, 0.2) is 0 Å². The molecule has 0 aliphatic carbocycles. The lowest BCUT2D eigenvalue weighted by molar-refractivity contribution is -0.117. The van der Waals surface area contributed by atoms with E-state index >= 15 is 0 Å². The summed E-state index contributed by atoms with van der Waals surface area (Å²) in [6.45, 7) is 0. The predicted molar refractivity (Wildman–Crippen MR) is 106 cm³/mol. The fraction of sp³-hybridized carbons (Fsp3) is 0.100. The van der Waals surface area contributed by atoms with Crippen molar-refractivity contribution in [3.63, 3.8) is 0 Å². The predicted octanol–water partition coefficient (Wildman–Crippen LogP) is 3.77. The zero-order valence-electron chi connectivity index (χ0n) is 14.2. The van der Waals surface area contributed by atoms with Crippen molar-refractivity contribution in [2.75, 3.05) is 23.0 Å². The van der Waals surface area contributed by atoms with Gasteiger partial charge in [-0.25, -0.2) is 0 Å². The Kier molecular flexibility index (Phi) is 3.97. The third-order valence-corrected chi connectivity index (χ3v) is 5.44. The molecule has 130 valence electrons. The summed E-state index contributed by atoms with van der Waals surface area (Å²) >= 11 is 1.63. The second-order valence-electron chi connectivity index (χ2n) is 6.21. The number of nitrogens with zero attached hydrogens (tertiary/aromatic N) is 1. The maximum absolute atomic E-state index is 12.7. The number of hydrogen-bond donors (Lipinski definition) is 2. The van der Waals surface area contributed by atoms with E-state index < -0.39 is 0 Å². The summed E-state index contributed by atoms with van der Waals surface area (Å²) in [4.78, 5) is 27.2. The molecule has 0 spiro atoms. The number of anilines is 3. The van der Waals surface area contributed by atoms with Crippen molar-refractivity contribution in [1.82, 2.24) is 0 Å². The van der Waals surface area contributed by atoms with Gasteiger partial charge >= 0.3 is 0 Å². The monoisotopic (exact) mass is 363 g/mol. The average Bonchev–Trinajstić information content (AvgIpc) is 3.26. The van der Waals surface area contributed by atoms with E-state index in [-0.39, 0.29) is 11.8 Å². The number of carbonyl (C=O) groups is 2. The van der Waals surface area contributed by atoms with Crippen LogP contribution in [0.5, 0.6) is 0 Å². The van der Waals surface area contributed by atoms with Crippen LogP contribution < -0.4 is 16.0 Å². The Bertz CT molecular complexity index is 1010. The summed E-state index contributed by atoms with van der Waals surface area (Å²) in [5.41, 5.74) is 10.4. The number of rotatable bonds is 3. The van der Waals surface area contributed by atoms with Gasteiger partial charge in [0.05, 0.1) is 17.8 Å². The Morgan fingerprint density at radius 1 is 1.19 bits per heavy atom. The van der Waals surface area contributed by atoms with E-state index in [0.29, 0.717) is 23.4 Å². The lowest BCUT2D eigenvalue weighted by Crippen LogP contribution is -2.20. The second-order valence-corrected chi connectivity index (χ2v) is 7.15. The van der Waals surface area contributed by atoms with Gasteiger partial charge < -0.3 is 16.0 Å². The van der Waals surface area contributed by atoms with Crippen LogP contribution in [0.15, 0.2) is 53.9 Å². The van der Waals surface area contributed by atoms with Gasteiger partial charge in [-0.15, -0.1) is 11.3 Å². The largest absolute Gasteiger partial charge is 0.397 e. The number of likely N-dealkylation sites (N-methyl/N-ethyl adjacent to an activating group) is 1. The molecule has 0 atom stereocenters. The van der Waals surface area contributed by atoms with E-state index in [1.165, 1.54) is 0 Å². The number of nitrogen functional groups attached to an aromatic ring is 1. The number of hydrogen-bond acceptors (Lipinski definition) is 4. The molecule has 0 radical (unpaired) electrons. The molecule has 26 heavy (non-hydrogen) atoms. The van der Waals surface area contributed by atoms with Gasteiger partial charge in [-0.1, -0.05) is 12.1 Å². The highest BCUT2D eigenvalue weighted by atomic mass is 32.1. The number of nitrogens with one attached hydrogen (secondary N) is 1. The highest BCUT2D eigenvalue weighted by Crippen LogP contribution is 2.31. The third kappa shape index (κ3) is 2.84. The van der Waals surface area contributed by atoms with E-state index in [4.69, 9.17) is 5.73 Å². The van der Waals surface area contributed by atoms with Crippen LogP contribution in [0.1, 0.15) is 15.9 Å². The highest BCUT2D eigenvalue weighted by Gasteiger charge is 2.24. The van der Waals surface area contributed by atoms with E-state index in [9.17, 15) is 9.59 Å². The fourth-order valence-electron chi connectivity index (χ4n) is 3.07. The maximum Gasteiger partial charge on any atom is 0.255 e. The fourth-order valence-corrected chi connectivity index (χ4v) is 3.79. The zero-order chi connectivity index (χ0) is 18.3. The molecule has 4 rings (SSSR count). The Hall–Kier alpha value is -3.12. The summed E-state index contributed by atoms with van der Waals surface area (Å²) in [6, 6.07) is 14.9. The first-order valence-corrected chi connectivity index (χ1v) is 9.05. The summed E-state index contributed by atoms with van der Waals surface area (Å²) in [5.74, 6) is -0.213. The van der Waals surface area contributed by atoms with Crippen molar-refractivity contribution >= 4 is 40.2 Å². The summed E-state index contributed by atoms with van der Waals surface area (Å²) < 4.78 is 0. The van der Waals surface area contributed by atoms with Gasteiger partial charge in [0.25, 0.3) is 5.91 Å². The smallest absolute Gasteiger partial charge is 0.255 e. The summed E-state index contributed by atoms with van der Waals surface area (Å²) in [6.07, 6.45) is 0.322. The van der Waals surface area contributed by atoms with Gasteiger partial charge in [-0.05, 0) is 52.9 Å². The lowest BCUT2D eigenvalue weighted by atomic mass is 10.1. The number of thiophene rings is 1. The lowest BCUT2D eigenvalue weighted by Gasteiger charge is -2.12. The quantitative estimate of drug-likeness (QED) is 0.696. The Labute approximate surface area is 155 Å². The molecule has 0 saturated heterocycles. The van der Waals surface area contributed by atoms with Crippen LogP contribution in [0.25, 0.3) is 10.4 Å². The van der Waals surface area contributed by atoms with E-state index in [2.05, 4.69) is 5.32 Å². The van der Waals surface area contributed by atoms with Crippen LogP contribution in [0, 0.1) is 0 Å². The van der Waals surface area contributed by atoms with Gasteiger partial charge in [0, 0.05) is 23.2 Å². The minimum atomic E-state index is -0.246. The van der Waals surface area contributed by atoms with Crippen molar-refractivity contribution in [1.29, 1.82) is 0 Å². The van der Waals surface area contributed by atoms with Crippen LogP contribution in [-0.4, -0.2) is 18.9 Å². The van der Waals surface area contributed by atoms with Crippen LogP contribution in [0.3, 0.4) is 0 Å². The van der Waals surface area contributed by atoms with Gasteiger partial charge in [0.1, 0.15) is 0 Å². The second kappa shape index (κ2) is 6.31. The molecule has 0 fully saturated rings. The van der Waals surface area contributed by atoms with Gasteiger partial charge in [0.2, 0.25) is 5.91 Å². The molecule has 2 amide bonds. The molecule has 1 aliphatic rings. The first-order chi connectivity index (χ1) is 12.5. The first-order valence-electron chi connectivity index (χ1n) is 8.17. The van der Waals surface area contributed by atoms with Gasteiger partial charge in [-0.3, -0.25) is 9.59 Å². The highest BCUT2D eigenvalue weighted by molar-refractivity contribution is 7.13. The maximum atomic E-state index is 12.7. The molecule has 1 aromatic heterocycles. The molecular weight excluding hydrogens is 346 g/mol. The molecule has 5 nitrogen and oxygen atoms in total. The molecule has 1 aliphatic heterocycles. The van der Waals surface area contributed by atoms with Crippen molar-refractivity contribution in [3.05, 3.63) is 65.0 Å². The zero-order valence-corrected chi connectivity index (χ0v) is 15.0. The van der Waals surface area contributed by atoms with E-state index in [1.807, 2.05) is 29.6 Å². The molecule has 2 heterocycles. The molecule has 2 aromatic carbocycles. The van der Waals surface area contributed by atoms with Crippen LogP contribution in [0.4, 0.5) is 17.1 Å². The summed E-state index contributed by atoms with van der Waals surface area (Å²) in [7, 11) is 1.74. The minimum absolute atomic E-state index is 0.0328. The first kappa shape index (κ1) is 16.4. The van der Waals surface area contributed by atoms with Crippen LogP contribution in [0.2, 0.25) is 0 Å². The van der Waals surface area contributed by atoms with Crippen LogP contribution in [-0.2, 0) is 11.2 Å². The number of carbonyl (C=O) groups excluding carboxylic acids is 2. The molecule has 0 unspecified atom stereocenters. The molecule has 3 aromatic rings. The standard InChI is InChI=1S/C20H17N3O2S/c1-23-17-7-5-13(9-14(17)11-19(23)24)20(25)22-16-10-12(4-6-15(16)21)18-3-2-8-26-18/h2-10H,11,21H2,1H3,(H,22,25). The molecule has 6 heteroatoms. The third-order valence-electron chi connectivity index (χ3n) is 4.53. The molecule has 0 saturated carbocycles. The molecule has 3 N–H and O–H groups in total. The van der Waals surface area contributed by atoms with E-state index in [0.717, 1.165) is 21.7 Å². The SMILES string of the molecule is CN1C(=O)Cc2cc(C(=O)Nc3cc(-c4cccs4)ccc3N)ccc21. The number of benzene rings is 2. The normalized spacial score (nSPS) is 13.0. The van der Waals surface area contributed by atoms with Gasteiger partial charge in [-0.2, -0.15) is 0 Å². The number of amides is 2. The summed E-state index contributed by atoms with van der Waals surface area (Å²) in [5, 5.41) is 4.89. The average molecular weight is 363 g/mol. The minimum Gasteiger partial charge on any atom is -0.397 e. The molecular formula is C20H17N3O2S. The topological polar surface area (TPSA) is 75.4 Å². The Morgan fingerprint density at radius 3 is 2.81 bits per heavy atom. The van der Waals surface area contributed by atoms with Crippen molar-refractivity contribution < 1.29 is 9.59 Å². The van der Waals surface area contributed by atoms with Crippen molar-refractivity contribution in [2.45, 2.75) is 6.42 Å².